The lowest BCUT2D eigenvalue weighted by atomic mass is 10.1. The fraction of sp³-hybridized carbons (Fsp3) is 0.280. The number of halogens is 2. The van der Waals surface area contributed by atoms with Gasteiger partial charge in [0.2, 0.25) is 0 Å². The number of nitrogens with one attached hydrogen (secondary N) is 1. The van der Waals surface area contributed by atoms with Crippen LogP contribution >= 0.6 is 27.5 Å². The molecule has 1 atom stereocenters. The maximum absolute atomic E-state index is 6.38. The summed E-state index contributed by atoms with van der Waals surface area (Å²) in [5.74, 6) is 1.23. The van der Waals surface area contributed by atoms with Crippen molar-refractivity contribution in [3.63, 3.8) is 0 Å². The molecule has 1 saturated heterocycles. The first-order valence-electron chi connectivity index (χ1n) is 11.0. The van der Waals surface area contributed by atoms with Gasteiger partial charge in [0.15, 0.2) is 0 Å². The number of rotatable bonds is 7. The highest BCUT2D eigenvalue weighted by Gasteiger charge is 2.24. The highest BCUT2D eigenvalue weighted by atomic mass is 79.9. The van der Waals surface area contributed by atoms with Crippen LogP contribution in [0.4, 0.5) is 5.69 Å². The molecule has 1 aliphatic heterocycles. The smallest absolute Gasteiger partial charge is 0.141 e. The van der Waals surface area contributed by atoms with Crippen LogP contribution in [0.15, 0.2) is 59.6 Å². The van der Waals surface area contributed by atoms with Gasteiger partial charge in [-0.3, -0.25) is 4.98 Å². The van der Waals surface area contributed by atoms with Gasteiger partial charge in [-0.1, -0.05) is 11.6 Å². The van der Waals surface area contributed by atoms with Crippen LogP contribution in [0.5, 0.6) is 11.5 Å². The molecule has 0 amide bonds. The van der Waals surface area contributed by atoms with Crippen LogP contribution in [0.1, 0.15) is 12.0 Å². The van der Waals surface area contributed by atoms with Gasteiger partial charge in [0.05, 0.1) is 35.1 Å². The average molecular weight is 543 g/mol. The van der Waals surface area contributed by atoms with Crippen LogP contribution in [0.3, 0.4) is 0 Å². The summed E-state index contributed by atoms with van der Waals surface area (Å²) in [5.41, 5.74) is 4.84. The van der Waals surface area contributed by atoms with E-state index in [1.807, 2.05) is 41.2 Å². The van der Waals surface area contributed by atoms with E-state index in [1.54, 1.807) is 20.3 Å². The monoisotopic (exact) mass is 541 g/mol. The lowest BCUT2D eigenvalue weighted by Gasteiger charge is -2.21. The van der Waals surface area contributed by atoms with Crippen molar-refractivity contribution in [1.29, 1.82) is 0 Å². The third kappa shape index (κ3) is 4.58. The van der Waals surface area contributed by atoms with E-state index in [0.29, 0.717) is 22.6 Å². The zero-order valence-electron chi connectivity index (χ0n) is 19.0. The molecule has 176 valence electrons. The topological polar surface area (TPSA) is 63.9 Å². The number of imidazole rings is 1. The molecule has 3 aromatic heterocycles. The van der Waals surface area contributed by atoms with Crippen LogP contribution in [0.25, 0.3) is 16.9 Å². The number of methoxy groups -OCH3 is 2. The summed E-state index contributed by atoms with van der Waals surface area (Å²) in [4.78, 5) is 11.4. The summed E-state index contributed by atoms with van der Waals surface area (Å²) in [6.07, 6.45) is 8.78. The van der Waals surface area contributed by atoms with E-state index in [1.165, 1.54) is 5.56 Å². The largest absolute Gasteiger partial charge is 0.496 e. The number of pyridine rings is 2. The van der Waals surface area contributed by atoms with Crippen molar-refractivity contribution in [2.75, 3.05) is 32.2 Å². The Kier molecular flexibility index (Phi) is 6.63. The second kappa shape index (κ2) is 9.82. The van der Waals surface area contributed by atoms with E-state index in [0.717, 1.165) is 53.1 Å². The van der Waals surface area contributed by atoms with Crippen molar-refractivity contribution < 1.29 is 9.47 Å². The van der Waals surface area contributed by atoms with Crippen LogP contribution in [0.2, 0.25) is 5.02 Å². The standard InChI is InChI=1S/C25H25BrClN5O2/c1-33-23-11-24(34-2)20(27)9-18(23)21-15-32-14-19(26)22(10-25(32)30-21)31-8-5-17(13-31)29-12-16-3-6-28-7-4-16/h3-4,6-7,9-11,14-15,17,29H,5,8,12-13H2,1-2H3/t17-/m0/s1. The molecule has 0 spiro atoms. The molecule has 1 fully saturated rings. The van der Waals surface area contributed by atoms with Gasteiger partial charge in [-0.2, -0.15) is 0 Å². The van der Waals surface area contributed by atoms with Gasteiger partial charge in [-0.25, -0.2) is 4.98 Å². The van der Waals surface area contributed by atoms with Crippen LogP contribution in [-0.4, -0.2) is 47.7 Å². The molecular formula is C25H25BrClN5O2. The first-order chi connectivity index (χ1) is 16.6. The van der Waals surface area contributed by atoms with Gasteiger partial charge < -0.3 is 24.1 Å². The maximum Gasteiger partial charge on any atom is 0.141 e. The van der Waals surface area contributed by atoms with Crippen molar-refractivity contribution in [1.82, 2.24) is 19.7 Å². The third-order valence-corrected chi connectivity index (χ3v) is 7.05. The minimum Gasteiger partial charge on any atom is -0.496 e. The minimum absolute atomic E-state index is 0.428. The number of nitrogens with zero attached hydrogens (tertiary/aromatic N) is 4. The zero-order chi connectivity index (χ0) is 23.7. The van der Waals surface area contributed by atoms with Crippen molar-refractivity contribution >= 4 is 38.9 Å². The van der Waals surface area contributed by atoms with E-state index in [-0.39, 0.29) is 0 Å². The molecule has 0 bridgehead atoms. The Bertz CT molecular complexity index is 1310. The zero-order valence-corrected chi connectivity index (χ0v) is 21.3. The molecule has 4 aromatic rings. The fourth-order valence-electron chi connectivity index (χ4n) is 4.34. The molecular weight excluding hydrogens is 518 g/mol. The molecule has 0 radical (unpaired) electrons. The minimum atomic E-state index is 0.428. The Morgan fingerprint density at radius 2 is 1.91 bits per heavy atom. The van der Waals surface area contributed by atoms with Crippen LogP contribution in [-0.2, 0) is 6.54 Å². The quantitative estimate of drug-likeness (QED) is 0.346. The summed E-state index contributed by atoms with van der Waals surface area (Å²) in [6.45, 7) is 2.77. The van der Waals surface area contributed by atoms with Gasteiger partial charge in [0.25, 0.3) is 0 Å². The highest BCUT2D eigenvalue weighted by Crippen LogP contribution is 2.39. The van der Waals surface area contributed by atoms with Gasteiger partial charge in [0, 0.05) is 68.2 Å². The van der Waals surface area contributed by atoms with E-state index < -0.39 is 0 Å². The normalized spacial score (nSPS) is 15.8. The highest BCUT2D eigenvalue weighted by molar-refractivity contribution is 9.10. The summed E-state index contributed by atoms with van der Waals surface area (Å²) in [6, 6.07) is 10.3. The van der Waals surface area contributed by atoms with Crippen molar-refractivity contribution in [2.24, 2.45) is 0 Å². The Morgan fingerprint density at radius 3 is 2.68 bits per heavy atom. The fourth-order valence-corrected chi connectivity index (χ4v) is 5.17. The van der Waals surface area contributed by atoms with Crippen molar-refractivity contribution in [3.8, 4) is 22.8 Å². The lowest BCUT2D eigenvalue weighted by molar-refractivity contribution is 0.395. The number of anilines is 1. The molecule has 5 rings (SSSR count). The molecule has 4 heterocycles. The first kappa shape index (κ1) is 23.0. The van der Waals surface area contributed by atoms with Gasteiger partial charge in [-0.05, 0) is 46.1 Å². The second-order valence-electron chi connectivity index (χ2n) is 8.25. The van der Waals surface area contributed by atoms with E-state index in [2.05, 4.69) is 43.4 Å². The van der Waals surface area contributed by atoms with E-state index in [9.17, 15) is 0 Å². The molecule has 1 N–H and O–H groups in total. The predicted molar refractivity (Wildman–Crippen MR) is 138 cm³/mol. The van der Waals surface area contributed by atoms with Crippen molar-refractivity contribution in [2.45, 2.75) is 19.0 Å². The Hall–Kier alpha value is -2.81. The SMILES string of the molecule is COc1cc(OC)c(-c2cn3cc(Br)c(N4CC[C@H](NCc5ccncc5)C4)cc3n2)cc1Cl. The molecule has 0 saturated carbocycles. The number of hydrogen-bond acceptors (Lipinski definition) is 6. The summed E-state index contributed by atoms with van der Waals surface area (Å²) in [5, 5.41) is 4.18. The number of ether oxygens (including phenoxy) is 2. The Morgan fingerprint density at radius 1 is 1.12 bits per heavy atom. The number of hydrogen-bond donors (Lipinski definition) is 1. The summed E-state index contributed by atoms with van der Waals surface area (Å²) < 4.78 is 13.9. The Labute approximate surface area is 211 Å². The van der Waals surface area contributed by atoms with Gasteiger partial charge in [-0.15, -0.1) is 0 Å². The van der Waals surface area contributed by atoms with E-state index in [4.69, 9.17) is 26.1 Å². The van der Waals surface area contributed by atoms with Crippen molar-refractivity contribution in [3.05, 3.63) is 70.2 Å². The maximum atomic E-state index is 6.38. The lowest BCUT2D eigenvalue weighted by Crippen LogP contribution is -2.32. The molecule has 9 heteroatoms. The average Bonchev–Trinajstić information content (AvgIpc) is 3.49. The molecule has 0 unspecified atom stereocenters. The first-order valence-corrected chi connectivity index (χ1v) is 12.2. The third-order valence-electron chi connectivity index (χ3n) is 6.15. The molecule has 1 aromatic carbocycles. The number of fused-ring (bicyclic) bond motifs is 1. The summed E-state index contributed by atoms with van der Waals surface area (Å²) in [7, 11) is 3.21. The molecule has 0 aliphatic carbocycles. The Balaban J connectivity index is 1.38. The second-order valence-corrected chi connectivity index (χ2v) is 9.51. The van der Waals surface area contributed by atoms with Crippen LogP contribution < -0.4 is 19.7 Å². The number of benzene rings is 1. The van der Waals surface area contributed by atoms with Gasteiger partial charge in [0.1, 0.15) is 17.1 Å². The summed E-state index contributed by atoms with van der Waals surface area (Å²) >= 11 is 10.2. The molecule has 1 aliphatic rings. The molecule has 7 nitrogen and oxygen atoms in total. The molecule has 34 heavy (non-hydrogen) atoms. The van der Waals surface area contributed by atoms with Crippen LogP contribution in [0, 0.1) is 0 Å². The predicted octanol–water partition coefficient (Wildman–Crippen LogP) is 5.20. The number of aromatic nitrogens is 3. The van der Waals surface area contributed by atoms with E-state index >= 15 is 0 Å². The van der Waals surface area contributed by atoms with Gasteiger partial charge >= 0.3 is 0 Å².